The lowest BCUT2D eigenvalue weighted by molar-refractivity contribution is -0.118. The van der Waals surface area contributed by atoms with Crippen LogP contribution in [-0.2, 0) is 14.8 Å². The molecule has 1 aromatic rings. The second-order valence-corrected chi connectivity index (χ2v) is 10.6. The highest BCUT2D eigenvalue weighted by atomic mass is 79.9. The summed E-state index contributed by atoms with van der Waals surface area (Å²) in [7, 11) is -3.21. The molecular weight excluding hydrogens is 470 g/mol. The molecule has 0 saturated carbocycles. The highest BCUT2D eigenvalue weighted by molar-refractivity contribution is 9.10. The van der Waals surface area contributed by atoms with E-state index in [1.807, 2.05) is 30.3 Å². The lowest BCUT2D eigenvalue weighted by atomic mass is 9.93. The van der Waals surface area contributed by atoms with Gasteiger partial charge in [0.25, 0.3) is 5.91 Å². The molecule has 2 heterocycles. The van der Waals surface area contributed by atoms with Gasteiger partial charge in [-0.1, -0.05) is 34.1 Å². The Morgan fingerprint density at radius 1 is 1.33 bits per heavy atom. The first-order valence-corrected chi connectivity index (χ1v) is 12.4. The summed E-state index contributed by atoms with van der Waals surface area (Å²) < 4.78 is 26.4. The van der Waals surface area contributed by atoms with Gasteiger partial charge in [-0.05, 0) is 37.5 Å². The Labute approximate surface area is 185 Å². The molecular formula is C20H26BrN5O3S. The Morgan fingerprint density at radius 2 is 2.00 bits per heavy atom. The first-order valence-electron chi connectivity index (χ1n) is 9.98. The van der Waals surface area contributed by atoms with Gasteiger partial charge in [-0.2, -0.15) is 5.26 Å². The zero-order valence-corrected chi connectivity index (χ0v) is 19.2. The molecule has 2 aliphatic rings. The Hall–Kier alpha value is -1.77. The van der Waals surface area contributed by atoms with Crippen LogP contribution >= 0.6 is 15.9 Å². The van der Waals surface area contributed by atoms with Gasteiger partial charge in [0.05, 0.1) is 11.8 Å². The number of carbonyl (C=O) groups excluding carboxylic acids is 1. The van der Waals surface area contributed by atoms with Gasteiger partial charge in [0.15, 0.2) is 0 Å². The minimum atomic E-state index is -3.21. The van der Waals surface area contributed by atoms with Gasteiger partial charge in [-0.25, -0.2) is 18.1 Å². The molecule has 0 aromatic heterocycles. The Kier molecular flexibility index (Phi) is 7.65. The number of piperidine rings is 1. The molecule has 2 fully saturated rings. The maximum absolute atomic E-state index is 12.7. The zero-order chi connectivity index (χ0) is 21.7. The van der Waals surface area contributed by atoms with Crippen molar-refractivity contribution in [2.75, 3.05) is 25.4 Å². The first-order chi connectivity index (χ1) is 14.3. The second kappa shape index (κ2) is 10.0. The van der Waals surface area contributed by atoms with E-state index < -0.39 is 15.9 Å². The Morgan fingerprint density at radius 3 is 2.60 bits per heavy atom. The van der Waals surface area contributed by atoms with Crippen molar-refractivity contribution in [3.63, 3.8) is 0 Å². The van der Waals surface area contributed by atoms with Crippen molar-refractivity contribution in [3.8, 4) is 6.07 Å². The van der Waals surface area contributed by atoms with Gasteiger partial charge in [0.2, 0.25) is 10.0 Å². The number of hydrazine groups is 1. The summed E-state index contributed by atoms with van der Waals surface area (Å²) in [5.74, 6) is -0.382. The van der Waals surface area contributed by atoms with Crippen LogP contribution in [0.2, 0.25) is 0 Å². The second-order valence-electron chi connectivity index (χ2n) is 7.46. The maximum Gasteiger partial charge on any atom is 0.261 e. The topological polar surface area (TPSA) is 114 Å². The molecule has 2 atom stereocenters. The molecule has 3 rings (SSSR count). The summed E-state index contributed by atoms with van der Waals surface area (Å²) in [5, 5.41) is 12.4. The van der Waals surface area contributed by atoms with Crippen LogP contribution in [0.4, 0.5) is 0 Å². The SMILES string of the molecule is CCS(=O)(=O)N1CCC(NC(=O)/C(C#N)=C/C2CNNC2c2ccc(Br)cc2)CC1. The minimum absolute atomic E-state index is 0.0447. The Bertz CT molecular complexity index is 934. The van der Waals surface area contributed by atoms with Gasteiger partial charge in [-0.3, -0.25) is 10.2 Å². The summed E-state index contributed by atoms with van der Waals surface area (Å²) >= 11 is 3.43. The lowest BCUT2D eigenvalue weighted by Crippen LogP contribution is -2.47. The summed E-state index contributed by atoms with van der Waals surface area (Å²) in [6.45, 7) is 3.00. The van der Waals surface area contributed by atoms with Crippen LogP contribution in [0.5, 0.6) is 0 Å². The highest BCUT2D eigenvalue weighted by Gasteiger charge is 2.30. The predicted molar refractivity (Wildman–Crippen MR) is 117 cm³/mol. The van der Waals surface area contributed by atoms with Crippen molar-refractivity contribution >= 4 is 31.9 Å². The number of rotatable bonds is 6. The van der Waals surface area contributed by atoms with Crippen LogP contribution in [-0.4, -0.2) is 50.1 Å². The van der Waals surface area contributed by atoms with Crippen LogP contribution in [0.1, 0.15) is 31.4 Å². The van der Waals surface area contributed by atoms with Gasteiger partial charge in [0, 0.05) is 36.1 Å². The fourth-order valence-corrected chi connectivity index (χ4v) is 5.17. The molecule has 3 N–H and O–H groups in total. The average Bonchev–Trinajstić information content (AvgIpc) is 3.21. The molecule has 2 unspecified atom stereocenters. The number of nitriles is 1. The van der Waals surface area contributed by atoms with Crippen LogP contribution in [0, 0.1) is 17.2 Å². The highest BCUT2D eigenvalue weighted by Crippen LogP contribution is 2.28. The third kappa shape index (κ3) is 5.47. The van der Waals surface area contributed by atoms with Crippen molar-refractivity contribution < 1.29 is 13.2 Å². The fraction of sp³-hybridized carbons (Fsp3) is 0.500. The molecule has 162 valence electrons. The smallest absolute Gasteiger partial charge is 0.261 e. The number of hydrogen-bond donors (Lipinski definition) is 3. The average molecular weight is 496 g/mol. The van der Waals surface area contributed by atoms with E-state index in [0.717, 1.165) is 10.0 Å². The lowest BCUT2D eigenvalue weighted by Gasteiger charge is -2.31. The van der Waals surface area contributed by atoms with Crippen LogP contribution in [0.3, 0.4) is 0 Å². The predicted octanol–water partition coefficient (Wildman–Crippen LogP) is 1.59. The van der Waals surface area contributed by atoms with E-state index in [1.54, 1.807) is 13.0 Å². The van der Waals surface area contributed by atoms with E-state index in [4.69, 9.17) is 0 Å². The number of halogens is 1. The molecule has 0 spiro atoms. The van der Waals surface area contributed by atoms with Gasteiger partial charge < -0.3 is 5.32 Å². The monoisotopic (exact) mass is 495 g/mol. The largest absolute Gasteiger partial charge is 0.349 e. The number of hydrogen-bond acceptors (Lipinski definition) is 6. The first kappa shape index (κ1) is 22.9. The molecule has 2 saturated heterocycles. The van der Waals surface area contributed by atoms with Crippen LogP contribution < -0.4 is 16.2 Å². The normalized spacial score (nSPS) is 23.8. The maximum atomic E-state index is 12.7. The van der Waals surface area contributed by atoms with E-state index in [2.05, 4.69) is 32.1 Å². The molecule has 10 heteroatoms. The zero-order valence-electron chi connectivity index (χ0n) is 16.8. The molecule has 0 aliphatic carbocycles. The molecule has 0 bridgehead atoms. The van der Waals surface area contributed by atoms with Crippen LogP contribution in [0.25, 0.3) is 0 Å². The minimum Gasteiger partial charge on any atom is -0.349 e. The van der Waals surface area contributed by atoms with E-state index >= 15 is 0 Å². The van der Waals surface area contributed by atoms with Crippen molar-refractivity contribution in [1.82, 2.24) is 20.5 Å². The van der Waals surface area contributed by atoms with E-state index in [-0.39, 0.29) is 29.3 Å². The van der Waals surface area contributed by atoms with Gasteiger partial charge in [-0.15, -0.1) is 0 Å². The van der Waals surface area contributed by atoms with E-state index in [9.17, 15) is 18.5 Å². The van der Waals surface area contributed by atoms with E-state index in [0.29, 0.717) is 32.5 Å². The Balaban J connectivity index is 1.63. The van der Waals surface area contributed by atoms with Crippen molar-refractivity contribution in [2.45, 2.75) is 31.8 Å². The molecule has 1 amide bonds. The van der Waals surface area contributed by atoms with E-state index in [1.165, 1.54) is 4.31 Å². The number of benzene rings is 1. The third-order valence-electron chi connectivity index (χ3n) is 5.55. The van der Waals surface area contributed by atoms with Crippen molar-refractivity contribution in [1.29, 1.82) is 5.26 Å². The van der Waals surface area contributed by atoms with Crippen molar-refractivity contribution in [3.05, 3.63) is 46.0 Å². The number of nitrogens with one attached hydrogen (secondary N) is 3. The fourth-order valence-electron chi connectivity index (χ4n) is 3.77. The van der Waals surface area contributed by atoms with Crippen LogP contribution in [0.15, 0.2) is 40.4 Å². The summed E-state index contributed by atoms with van der Waals surface area (Å²) in [4.78, 5) is 12.7. The summed E-state index contributed by atoms with van der Waals surface area (Å²) in [5.41, 5.74) is 7.44. The summed E-state index contributed by atoms with van der Waals surface area (Å²) in [6, 6.07) is 9.75. The standard InChI is InChI=1S/C20H26BrN5O3S/c1-2-30(28,29)26-9-7-18(8-10-26)24-20(27)15(12-22)11-16-13-23-25-19(16)14-3-5-17(21)6-4-14/h3-6,11,16,18-19,23,25H,2,7-10,13H2,1H3,(H,24,27)/b15-11+. The molecule has 1 aromatic carbocycles. The summed E-state index contributed by atoms with van der Waals surface area (Å²) in [6.07, 6.45) is 2.79. The number of sulfonamides is 1. The number of amides is 1. The van der Waals surface area contributed by atoms with Gasteiger partial charge in [0.1, 0.15) is 11.6 Å². The quantitative estimate of drug-likeness (QED) is 0.407. The number of nitrogens with zero attached hydrogens (tertiary/aromatic N) is 2. The van der Waals surface area contributed by atoms with Crippen molar-refractivity contribution in [2.24, 2.45) is 5.92 Å². The molecule has 2 aliphatic heterocycles. The molecule has 8 nitrogen and oxygen atoms in total. The third-order valence-corrected chi connectivity index (χ3v) is 7.96. The molecule has 30 heavy (non-hydrogen) atoms. The number of carbonyl (C=O) groups is 1. The van der Waals surface area contributed by atoms with Gasteiger partial charge >= 0.3 is 0 Å². The molecule has 0 radical (unpaired) electrons.